The highest BCUT2D eigenvalue weighted by Gasteiger charge is 2.15. The highest BCUT2D eigenvalue weighted by molar-refractivity contribution is 5.85. The quantitative estimate of drug-likeness (QED) is 0.911. The molecule has 0 aliphatic heterocycles. The first-order chi connectivity index (χ1) is 9.24. The van der Waals surface area contributed by atoms with Gasteiger partial charge in [-0.25, -0.2) is 14.8 Å². The van der Waals surface area contributed by atoms with Gasteiger partial charge < -0.3 is 9.67 Å². The fourth-order valence-electron chi connectivity index (χ4n) is 2.53. The van der Waals surface area contributed by atoms with Crippen LogP contribution in [0.1, 0.15) is 40.4 Å². The number of pyridine rings is 1. The van der Waals surface area contributed by atoms with Crippen molar-refractivity contribution in [2.75, 3.05) is 0 Å². The summed E-state index contributed by atoms with van der Waals surface area (Å²) in [6.45, 7) is 0.587. The lowest BCUT2D eigenvalue weighted by atomic mass is 10.0. The molecule has 1 aliphatic rings. The van der Waals surface area contributed by atoms with Crippen LogP contribution < -0.4 is 0 Å². The third kappa shape index (κ3) is 2.36. The zero-order valence-electron chi connectivity index (χ0n) is 10.5. The third-order valence-electron chi connectivity index (χ3n) is 3.47. The van der Waals surface area contributed by atoms with Crippen molar-refractivity contribution in [2.45, 2.75) is 32.2 Å². The molecule has 0 saturated carbocycles. The van der Waals surface area contributed by atoms with Gasteiger partial charge in [0.25, 0.3) is 0 Å². The maximum absolute atomic E-state index is 10.9. The summed E-state index contributed by atoms with van der Waals surface area (Å²) in [5.41, 5.74) is 3.30. The summed E-state index contributed by atoms with van der Waals surface area (Å²) in [4.78, 5) is 19.5. The Kier molecular flexibility index (Phi) is 3.03. The van der Waals surface area contributed by atoms with Gasteiger partial charge in [0, 0.05) is 5.69 Å². The van der Waals surface area contributed by atoms with Gasteiger partial charge in [-0.2, -0.15) is 0 Å². The van der Waals surface area contributed by atoms with Crippen LogP contribution >= 0.6 is 0 Å². The monoisotopic (exact) mass is 257 g/mol. The van der Waals surface area contributed by atoms with Crippen LogP contribution in [0, 0.1) is 0 Å². The number of carboxylic acids is 1. The SMILES string of the molecule is O=C(O)c1cccc(Cn2cnc3c2CCCC3)n1. The molecular formula is C14H15N3O2. The number of aromatic nitrogens is 3. The Morgan fingerprint density at radius 2 is 2.16 bits per heavy atom. The number of aryl methyl sites for hydroxylation is 1. The van der Waals surface area contributed by atoms with Crippen LogP contribution in [0.15, 0.2) is 24.5 Å². The highest BCUT2D eigenvalue weighted by atomic mass is 16.4. The van der Waals surface area contributed by atoms with Crippen molar-refractivity contribution in [3.05, 3.63) is 47.3 Å². The lowest BCUT2D eigenvalue weighted by molar-refractivity contribution is 0.0690. The number of imidazole rings is 1. The van der Waals surface area contributed by atoms with E-state index in [1.54, 1.807) is 6.07 Å². The largest absolute Gasteiger partial charge is 0.477 e. The molecule has 19 heavy (non-hydrogen) atoms. The summed E-state index contributed by atoms with van der Waals surface area (Å²) >= 11 is 0. The molecule has 2 heterocycles. The Hall–Kier alpha value is -2.17. The molecule has 0 fully saturated rings. The van der Waals surface area contributed by atoms with Gasteiger partial charge in [0.05, 0.1) is 24.3 Å². The van der Waals surface area contributed by atoms with Gasteiger partial charge in [0.1, 0.15) is 5.69 Å². The molecule has 5 nitrogen and oxygen atoms in total. The van der Waals surface area contributed by atoms with E-state index in [1.807, 2.05) is 12.4 Å². The smallest absolute Gasteiger partial charge is 0.354 e. The number of nitrogens with zero attached hydrogens (tertiary/aromatic N) is 3. The van der Waals surface area contributed by atoms with Crippen molar-refractivity contribution in [1.29, 1.82) is 0 Å². The summed E-state index contributed by atoms with van der Waals surface area (Å²) in [7, 11) is 0. The van der Waals surface area contributed by atoms with Crippen LogP contribution in [0.2, 0.25) is 0 Å². The van der Waals surface area contributed by atoms with Crippen LogP contribution in [-0.2, 0) is 19.4 Å². The molecule has 0 saturated heterocycles. The molecule has 0 atom stereocenters. The average Bonchev–Trinajstić information content (AvgIpc) is 2.83. The van der Waals surface area contributed by atoms with E-state index >= 15 is 0 Å². The van der Waals surface area contributed by atoms with Gasteiger partial charge in [-0.1, -0.05) is 6.07 Å². The van der Waals surface area contributed by atoms with E-state index in [0.29, 0.717) is 6.54 Å². The van der Waals surface area contributed by atoms with E-state index in [4.69, 9.17) is 5.11 Å². The van der Waals surface area contributed by atoms with Crippen molar-refractivity contribution in [2.24, 2.45) is 0 Å². The van der Waals surface area contributed by atoms with Crippen molar-refractivity contribution in [3.8, 4) is 0 Å². The first kappa shape index (κ1) is 11.9. The van der Waals surface area contributed by atoms with Crippen LogP contribution in [0.5, 0.6) is 0 Å². The van der Waals surface area contributed by atoms with Crippen molar-refractivity contribution in [1.82, 2.24) is 14.5 Å². The minimum atomic E-state index is -0.991. The molecule has 5 heteroatoms. The molecule has 0 radical (unpaired) electrons. The number of hydrogen-bond donors (Lipinski definition) is 1. The number of rotatable bonds is 3. The second-order valence-electron chi connectivity index (χ2n) is 4.79. The van der Waals surface area contributed by atoms with Crippen LogP contribution in [0.3, 0.4) is 0 Å². The number of carbonyl (C=O) groups is 1. The fraction of sp³-hybridized carbons (Fsp3) is 0.357. The second-order valence-corrected chi connectivity index (χ2v) is 4.79. The van der Waals surface area contributed by atoms with Crippen LogP contribution in [0.4, 0.5) is 0 Å². The van der Waals surface area contributed by atoms with Crippen molar-refractivity contribution < 1.29 is 9.90 Å². The normalized spacial score (nSPS) is 14.1. The molecule has 0 spiro atoms. The molecular weight excluding hydrogens is 242 g/mol. The van der Waals surface area contributed by atoms with E-state index in [0.717, 1.165) is 18.5 Å². The minimum Gasteiger partial charge on any atom is -0.477 e. The van der Waals surface area contributed by atoms with Gasteiger partial charge in [0.2, 0.25) is 0 Å². The maximum Gasteiger partial charge on any atom is 0.354 e. The van der Waals surface area contributed by atoms with Gasteiger partial charge in [0.15, 0.2) is 0 Å². The number of hydrogen-bond acceptors (Lipinski definition) is 3. The molecule has 0 aromatic carbocycles. The van der Waals surface area contributed by atoms with E-state index in [-0.39, 0.29) is 5.69 Å². The Labute approximate surface area is 110 Å². The van der Waals surface area contributed by atoms with Crippen molar-refractivity contribution >= 4 is 5.97 Å². The Morgan fingerprint density at radius 1 is 1.32 bits per heavy atom. The van der Waals surface area contributed by atoms with E-state index in [2.05, 4.69) is 14.5 Å². The zero-order chi connectivity index (χ0) is 13.2. The second kappa shape index (κ2) is 4.84. The first-order valence-corrected chi connectivity index (χ1v) is 6.46. The molecule has 2 aromatic heterocycles. The summed E-state index contributed by atoms with van der Waals surface area (Å²) in [6, 6.07) is 5.09. The number of fused-ring (bicyclic) bond motifs is 1. The zero-order valence-corrected chi connectivity index (χ0v) is 10.5. The van der Waals surface area contributed by atoms with Gasteiger partial charge in [-0.15, -0.1) is 0 Å². The van der Waals surface area contributed by atoms with E-state index in [1.165, 1.54) is 30.3 Å². The van der Waals surface area contributed by atoms with E-state index < -0.39 is 5.97 Å². The molecule has 0 bridgehead atoms. The molecule has 1 N–H and O–H groups in total. The Morgan fingerprint density at radius 3 is 3.00 bits per heavy atom. The van der Waals surface area contributed by atoms with Crippen molar-refractivity contribution in [3.63, 3.8) is 0 Å². The molecule has 0 unspecified atom stereocenters. The molecule has 1 aliphatic carbocycles. The van der Waals surface area contributed by atoms with Gasteiger partial charge in [-0.3, -0.25) is 0 Å². The molecule has 3 rings (SSSR count). The highest BCUT2D eigenvalue weighted by Crippen LogP contribution is 2.20. The standard InChI is InChI=1S/C14H15N3O2/c18-14(19)12-6-3-4-10(16-12)8-17-9-15-11-5-1-2-7-13(11)17/h3-4,6,9H,1-2,5,7-8H2,(H,18,19). The van der Waals surface area contributed by atoms with Gasteiger partial charge in [-0.05, 0) is 37.8 Å². The summed E-state index contributed by atoms with van der Waals surface area (Å²) in [5.74, 6) is -0.991. The average molecular weight is 257 g/mol. The number of aromatic carboxylic acids is 1. The lowest BCUT2D eigenvalue weighted by Gasteiger charge is -2.13. The predicted molar refractivity (Wildman–Crippen MR) is 69.2 cm³/mol. The summed E-state index contributed by atoms with van der Waals surface area (Å²) < 4.78 is 2.09. The predicted octanol–water partition coefficient (Wildman–Crippen LogP) is 1.90. The first-order valence-electron chi connectivity index (χ1n) is 6.46. The van der Waals surface area contributed by atoms with Gasteiger partial charge >= 0.3 is 5.97 Å². The molecule has 0 amide bonds. The Bertz CT molecular complexity index is 619. The molecule has 2 aromatic rings. The number of carboxylic acid groups (broad SMARTS) is 1. The summed E-state index contributed by atoms with van der Waals surface area (Å²) in [5, 5.41) is 8.95. The third-order valence-corrected chi connectivity index (χ3v) is 3.47. The maximum atomic E-state index is 10.9. The molecule has 98 valence electrons. The van der Waals surface area contributed by atoms with Crippen LogP contribution in [0.25, 0.3) is 0 Å². The minimum absolute atomic E-state index is 0.0893. The van der Waals surface area contributed by atoms with Crippen LogP contribution in [-0.4, -0.2) is 25.6 Å². The topological polar surface area (TPSA) is 68.0 Å². The Balaban J connectivity index is 1.87. The lowest BCUT2D eigenvalue weighted by Crippen LogP contribution is -2.11. The summed E-state index contributed by atoms with van der Waals surface area (Å²) in [6.07, 6.45) is 6.34. The fourth-order valence-corrected chi connectivity index (χ4v) is 2.53. The van der Waals surface area contributed by atoms with E-state index in [9.17, 15) is 4.79 Å².